The minimum absolute atomic E-state index is 0.152. The largest absolute Gasteiger partial charge is 0.298 e. The zero-order chi connectivity index (χ0) is 9.78. The molecule has 0 aliphatic heterocycles. The van der Waals surface area contributed by atoms with Crippen molar-refractivity contribution in [3.8, 4) is 0 Å². The van der Waals surface area contributed by atoms with Gasteiger partial charge in [0.2, 0.25) is 0 Å². The molecule has 1 nitrogen and oxygen atoms in total. The highest BCUT2D eigenvalue weighted by atomic mass is 32.1. The number of hydrogen-bond acceptors (Lipinski definition) is 2. The summed E-state index contributed by atoms with van der Waals surface area (Å²) in [5.41, 5.74) is 0. The zero-order valence-electron chi connectivity index (χ0n) is 8.55. The van der Waals surface area contributed by atoms with Gasteiger partial charge in [0.25, 0.3) is 0 Å². The van der Waals surface area contributed by atoms with Gasteiger partial charge in [0, 0.05) is 5.92 Å². The first kappa shape index (κ1) is 12.0. The molecule has 0 saturated heterocycles. The van der Waals surface area contributed by atoms with Crippen molar-refractivity contribution in [2.75, 3.05) is 0 Å². The molecule has 0 aliphatic rings. The van der Waals surface area contributed by atoms with E-state index < -0.39 is 4.75 Å². The van der Waals surface area contributed by atoms with Crippen LogP contribution in [0.2, 0.25) is 0 Å². The zero-order valence-corrected chi connectivity index (χ0v) is 9.45. The van der Waals surface area contributed by atoms with Gasteiger partial charge in [-0.2, -0.15) is 12.6 Å². The molecular formula is C10H20OS. The maximum atomic E-state index is 11.7. The molecule has 0 saturated carbocycles. The quantitative estimate of drug-likeness (QED) is 0.656. The van der Waals surface area contributed by atoms with Gasteiger partial charge >= 0.3 is 0 Å². The third-order valence-electron chi connectivity index (χ3n) is 2.33. The first-order valence-corrected chi connectivity index (χ1v) is 5.17. The third-order valence-corrected chi connectivity index (χ3v) is 2.77. The minimum Gasteiger partial charge on any atom is -0.298 e. The molecule has 0 radical (unpaired) electrons. The van der Waals surface area contributed by atoms with Crippen LogP contribution >= 0.6 is 12.6 Å². The van der Waals surface area contributed by atoms with Crippen molar-refractivity contribution in [1.82, 2.24) is 0 Å². The molecule has 0 heterocycles. The van der Waals surface area contributed by atoms with Gasteiger partial charge in [0.15, 0.2) is 5.78 Å². The maximum absolute atomic E-state index is 11.7. The number of thiol groups is 1. The van der Waals surface area contributed by atoms with Gasteiger partial charge in [-0.3, -0.25) is 4.79 Å². The number of carbonyl (C=O) groups excluding carboxylic acids is 1. The molecule has 2 unspecified atom stereocenters. The molecule has 0 fully saturated rings. The van der Waals surface area contributed by atoms with E-state index in [9.17, 15) is 4.79 Å². The smallest absolute Gasteiger partial charge is 0.151 e. The number of ketones is 1. The SMILES string of the molecule is CCCC(C)(S)C(=O)C(C)CC. The van der Waals surface area contributed by atoms with E-state index in [1.807, 2.05) is 20.8 Å². The first-order valence-electron chi connectivity index (χ1n) is 4.72. The van der Waals surface area contributed by atoms with Crippen LogP contribution in [-0.4, -0.2) is 10.5 Å². The van der Waals surface area contributed by atoms with Crippen molar-refractivity contribution >= 4 is 18.4 Å². The van der Waals surface area contributed by atoms with Crippen LogP contribution in [0.1, 0.15) is 47.0 Å². The summed E-state index contributed by atoms with van der Waals surface area (Å²) in [4.78, 5) is 11.7. The fourth-order valence-corrected chi connectivity index (χ4v) is 1.77. The lowest BCUT2D eigenvalue weighted by atomic mass is 9.90. The standard InChI is InChI=1S/C10H20OS/c1-5-7-10(4,12)9(11)8(3)6-2/h8,12H,5-7H2,1-4H3. The Bertz CT molecular complexity index is 152. The Morgan fingerprint density at radius 3 is 2.33 bits per heavy atom. The van der Waals surface area contributed by atoms with Crippen LogP contribution in [0.15, 0.2) is 0 Å². The van der Waals surface area contributed by atoms with Gasteiger partial charge < -0.3 is 0 Å². The van der Waals surface area contributed by atoms with Gasteiger partial charge in [-0.05, 0) is 19.8 Å². The summed E-state index contributed by atoms with van der Waals surface area (Å²) in [6, 6.07) is 0. The summed E-state index contributed by atoms with van der Waals surface area (Å²) in [7, 11) is 0. The Balaban J connectivity index is 4.24. The molecular weight excluding hydrogens is 168 g/mol. The summed E-state index contributed by atoms with van der Waals surface area (Å²) in [5, 5.41) is 0. The van der Waals surface area contributed by atoms with Crippen LogP contribution in [0.25, 0.3) is 0 Å². The van der Waals surface area contributed by atoms with Gasteiger partial charge in [0.05, 0.1) is 4.75 Å². The maximum Gasteiger partial charge on any atom is 0.151 e. The van der Waals surface area contributed by atoms with E-state index in [1.165, 1.54) is 0 Å². The highest BCUT2D eigenvalue weighted by molar-refractivity contribution is 7.82. The lowest BCUT2D eigenvalue weighted by Gasteiger charge is -2.24. The Labute approximate surface area is 81.3 Å². The summed E-state index contributed by atoms with van der Waals surface area (Å²) < 4.78 is -0.413. The molecule has 2 heteroatoms. The number of rotatable bonds is 5. The summed E-state index contributed by atoms with van der Waals surface area (Å²) >= 11 is 4.41. The molecule has 0 aromatic heterocycles. The Morgan fingerprint density at radius 2 is 2.00 bits per heavy atom. The van der Waals surface area contributed by atoms with Gasteiger partial charge in [0.1, 0.15) is 0 Å². The van der Waals surface area contributed by atoms with E-state index in [1.54, 1.807) is 0 Å². The number of Topliss-reactive ketones (excluding diaryl/α,β-unsaturated/α-hetero) is 1. The van der Waals surface area contributed by atoms with E-state index in [0.717, 1.165) is 19.3 Å². The number of hydrogen-bond donors (Lipinski definition) is 1. The van der Waals surface area contributed by atoms with Crippen LogP contribution in [0, 0.1) is 5.92 Å². The lowest BCUT2D eigenvalue weighted by molar-refractivity contribution is -0.124. The van der Waals surface area contributed by atoms with E-state index in [-0.39, 0.29) is 11.7 Å². The van der Waals surface area contributed by atoms with Crippen molar-refractivity contribution < 1.29 is 4.79 Å². The monoisotopic (exact) mass is 188 g/mol. The van der Waals surface area contributed by atoms with Crippen LogP contribution in [0.3, 0.4) is 0 Å². The predicted molar refractivity (Wildman–Crippen MR) is 56.8 cm³/mol. The molecule has 72 valence electrons. The topological polar surface area (TPSA) is 17.1 Å². The van der Waals surface area contributed by atoms with E-state index >= 15 is 0 Å². The summed E-state index contributed by atoms with van der Waals surface area (Å²) in [6.07, 6.45) is 2.81. The van der Waals surface area contributed by atoms with Gasteiger partial charge in [-0.1, -0.05) is 27.2 Å². The molecule has 0 aromatic carbocycles. The van der Waals surface area contributed by atoms with Crippen molar-refractivity contribution in [2.24, 2.45) is 5.92 Å². The van der Waals surface area contributed by atoms with Crippen LogP contribution in [-0.2, 0) is 4.79 Å². The number of carbonyl (C=O) groups is 1. The lowest BCUT2D eigenvalue weighted by Crippen LogP contribution is -2.33. The average molecular weight is 188 g/mol. The molecule has 0 rings (SSSR count). The third kappa shape index (κ3) is 3.18. The molecule has 0 bridgehead atoms. The molecule has 0 spiro atoms. The second-order valence-electron chi connectivity index (χ2n) is 3.70. The molecule has 0 aliphatic carbocycles. The van der Waals surface area contributed by atoms with E-state index in [0.29, 0.717) is 0 Å². The molecule has 0 aromatic rings. The van der Waals surface area contributed by atoms with Crippen LogP contribution in [0.5, 0.6) is 0 Å². The van der Waals surface area contributed by atoms with E-state index in [4.69, 9.17) is 0 Å². The Morgan fingerprint density at radius 1 is 1.50 bits per heavy atom. The van der Waals surface area contributed by atoms with E-state index in [2.05, 4.69) is 19.6 Å². The van der Waals surface area contributed by atoms with Crippen molar-refractivity contribution in [2.45, 2.75) is 51.7 Å². The molecule has 2 atom stereocenters. The predicted octanol–water partition coefficient (Wildman–Crippen LogP) is 3.09. The second kappa shape index (κ2) is 4.90. The van der Waals surface area contributed by atoms with Crippen LogP contribution < -0.4 is 0 Å². The molecule has 0 amide bonds. The fraction of sp³-hybridized carbons (Fsp3) is 0.900. The minimum atomic E-state index is -0.413. The normalized spacial score (nSPS) is 18.4. The van der Waals surface area contributed by atoms with Crippen molar-refractivity contribution in [3.05, 3.63) is 0 Å². The molecule has 12 heavy (non-hydrogen) atoms. The summed E-state index contributed by atoms with van der Waals surface area (Å²) in [6.45, 7) is 8.03. The highest BCUT2D eigenvalue weighted by Crippen LogP contribution is 2.26. The fourth-order valence-electron chi connectivity index (χ4n) is 1.33. The van der Waals surface area contributed by atoms with Gasteiger partial charge in [-0.25, -0.2) is 0 Å². The average Bonchev–Trinajstić information content (AvgIpc) is 2.01. The first-order chi connectivity index (χ1) is 5.45. The van der Waals surface area contributed by atoms with Crippen LogP contribution in [0.4, 0.5) is 0 Å². The summed E-state index contributed by atoms with van der Waals surface area (Å²) in [5.74, 6) is 0.439. The Hall–Kier alpha value is 0.0200. The molecule has 0 N–H and O–H groups in total. The second-order valence-corrected chi connectivity index (χ2v) is 4.68. The van der Waals surface area contributed by atoms with Gasteiger partial charge in [-0.15, -0.1) is 0 Å². The Kier molecular flexibility index (Phi) is 4.91. The van der Waals surface area contributed by atoms with Crippen molar-refractivity contribution in [3.63, 3.8) is 0 Å². The highest BCUT2D eigenvalue weighted by Gasteiger charge is 2.30. The van der Waals surface area contributed by atoms with Crippen molar-refractivity contribution in [1.29, 1.82) is 0 Å².